The van der Waals surface area contributed by atoms with Crippen LogP contribution in [0.25, 0.3) is 44.0 Å². The highest BCUT2D eigenvalue weighted by Gasteiger charge is 2.25. The minimum Gasteiger partial charge on any atom is -0.357 e. The van der Waals surface area contributed by atoms with Gasteiger partial charge in [-0.25, -0.2) is 0 Å². The summed E-state index contributed by atoms with van der Waals surface area (Å²) in [6, 6.07) is 11.2. The van der Waals surface area contributed by atoms with Gasteiger partial charge in [0, 0.05) is 39.7 Å². The second kappa shape index (κ2) is 9.24. The van der Waals surface area contributed by atoms with E-state index >= 15 is 0 Å². The fourth-order valence-corrected chi connectivity index (χ4v) is 6.24. The van der Waals surface area contributed by atoms with Gasteiger partial charge in [0.15, 0.2) is 11.2 Å². The van der Waals surface area contributed by atoms with Gasteiger partial charge < -0.3 is 13.7 Å². The Morgan fingerprint density at radius 3 is 2.59 bits per heavy atom. The van der Waals surface area contributed by atoms with Crippen LogP contribution >= 0.6 is 0 Å². The molecule has 1 N–H and O–H groups in total. The Balaban J connectivity index is 1.71. The molecule has 39 heavy (non-hydrogen) atoms. The van der Waals surface area contributed by atoms with Gasteiger partial charge in [-0.3, -0.25) is 9.78 Å². The van der Waals surface area contributed by atoms with Gasteiger partial charge in [0.1, 0.15) is 5.65 Å². The highest BCUT2D eigenvalue weighted by Crippen LogP contribution is 2.40. The number of aromatic nitrogens is 3. The second-order valence-corrected chi connectivity index (χ2v) is 11.3. The predicted molar refractivity (Wildman–Crippen MR) is 151 cm³/mol. The summed E-state index contributed by atoms with van der Waals surface area (Å²) < 4.78 is 42.1. The van der Waals surface area contributed by atoms with Gasteiger partial charge in [0.2, 0.25) is 0 Å². The van der Waals surface area contributed by atoms with Crippen molar-refractivity contribution in [1.29, 1.82) is 0 Å². The van der Waals surface area contributed by atoms with Crippen LogP contribution < -0.4 is 9.61 Å². The lowest BCUT2D eigenvalue weighted by molar-refractivity contribution is 0.439. The third-order valence-corrected chi connectivity index (χ3v) is 8.01. The minimum absolute atomic E-state index is 0.0232. The van der Waals surface area contributed by atoms with Crippen LogP contribution in [0.1, 0.15) is 62.6 Å². The van der Waals surface area contributed by atoms with Crippen molar-refractivity contribution in [3.63, 3.8) is 0 Å². The van der Waals surface area contributed by atoms with Crippen LogP contribution in [0.5, 0.6) is 5.75 Å². The van der Waals surface area contributed by atoms with Gasteiger partial charge in [0.25, 0.3) is 0 Å². The van der Waals surface area contributed by atoms with Crippen molar-refractivity contribution in [2.45, 2.75) is 51.5 Å². The first kappa shape index (κ1) is 25.1. The molecule has 0 spiro atoms. The zero-order valence-corrected chi connectivity index (χ0v) is 22.3. The molecular formula is C30H26FN3O4S. The molecule has 7 nitrogen and oxygen atoms in total. The molecule has 1 aliphatic rings. The van der Waals surface area contributed by atoms with Crippen molar-refractivity contribution in [1.82, 2.24) is 14.5 Å². The van der Waals surface area contributed by atoms with Crippen LogP contribution in [0.15, 0.2) is 53.6 Å². The summed E-state index contributed by atoms with van der Waals surface area (Å²) >= 11 is 0. The Labute approximate surface area is 225 Å². The van der Waals surface area contributed by atoms with Gasteiger partial charge in [0.05, 0.1) is 17.1 Å². The maximum absolute atomic E-state index is 14.1. The number of pyridine rings is 2. The number of hydrogen-bond donors (Lipinski definition) is 1. The first-order valence-electron chi connectivity index (χ1n) is 12.9. The van der Waals surface area contributed by atoms with E-state index in [4.69, 9.17) is 6.42 Å². The third kappa shape index (κ3) is 4.35. The Morgan fingerprint density at radius 2 is 1.90 bits per heavy atom. The molecule has 3 aromatic heterocycles. The molecule has 0 unspecified atom stereocenters. The Hall–Kier alpha value is -4.16. The largest absolute Gasteiger partial charge is 0.488 e. The van der Waals surface area contributed by atoms with Gasteiger partial charge in [-0.1, -0.05) is 42.6 Å². The number of rotatable bonds is 5. The lowest BCUT2D eigenvalue weighted by atomic mass is 9.90. The molecule has 0 bridgehead atoms. The fourth-order valence-electron chi connectivity index (χ4n) is 5.92. The molecule has 198 valence electrons. The molecule has 1 fully saturated rings. The number of nitrogens with one attached hydrogen (secondary N) is 1. The number of terminal acetylenes is 1. The third-order valence-electron chi connectivity index (χ3n) is 7.62. The van der Waals surface area contributed by atoms with Crippen molar-refractivity contribution in [2.75, 3.05) is 0 Å². The molecule has 1 aliphatic carbocycles. The Kier molecular flexibility index (Phi) is 5.96. The van der Waals surface area contributed by atoms with E-state index in [1.165, 1.54) is 6.07 Å². The maximum Gasteiger partial charge on any atom is 0.488 e. The topological polar surface area (TPSA) is 94.1 Å². The molecule has 3 heterocycles. The summed E-state index contributed by atoms with van der Waals surface area (Å²) in [6.07, 6.45) is 12.5. The van der Waals surface area contributed by atoms with Crippen molar-refractivity contribution >= 4 is 43.3 Å². The number of hydrogen-bond acceptors (Lipinski definition) is 5. The summed E-state index contributed by atoms with van der Waals surface area (Å²) in [5.74, 6) is 2.46. The average molecular weight is 544 g/mol. The lowest BCUT2D eigenvalue weighted by Gasteiger charge is -2.22. The van der Waals surface area contributed by atoms with E-state index in [0.29, 0.717) is 16.3 Å². The van der Waals surface area contributed by atoms with Crippen molar-refractivity contribution in [2.24, 2.45) is 0 Å². The van der Waals surface area contributed by atoms with Crippen LogP contribution in [0.4, 0.5) is 3.89 Å². The highest BCUT2D eigenvalue weighted by atomic mass is 32.3. The first-order chi connectivity index (χ1) is 18.6. The SMILES string of the molecule is C#Cc1ccc2c(c1)[nH]c1c2c(=O)c2cc(C(C)C)c(-c3cncc(OS(=O)(=O)F)c3)cc2n1C1CCCC1. The van der Waals surface area contributed by atoms with Crippen molar-refractivity contribution in [3.05, 3.63) is 70.1 Å². The Morgan fingerprint density at radius 1 is 1.13 bits per heavy atom. The summed E-state index contributed by atoms with van der Waals surface area (Å²) in [7, 11) is -5.20. The standard InChI is InChI=1S/C30H26FN3O4S/c1-4-18-9-10-22-26(11-18)33-30-28(22)29(35)25-13-23(17(2)3)24(14-27(25)34(30)20-7-5-6-8-20)19-12-21(16-32-15-19)38-39(31,36)37/h1,9-17,20,33H,5-8H2,2-3H3. The molecule has 0 atom stereocenters. The molecule has 1 saturated carbocycles. The molecule has 0 radical (unpaired) electrons. The summed E-state index contributed by atoms with van der Waals surface area (Å²) in [4.78, 5) is 21.7. The molecule has 6 rings (SSSR count). The maximum atomic E-state index is 14.1. The first-order valence-corrected chi connectivity index (χ1v) is 14.2. The van der Waals surface area contributed by atoms with Crippen molar-refractivity contribution < 1.29 is 16.5 Å². The molecule has 0 amide bonds. The molecule has 2 aromatic carbocycles. The normalized spacial score (nSPS) is 14.5. The van der Waals surface area contributed by atoms with Crippen molar-refractivity contribution in [3.8, 4) is 29.2 Å². The van der Waals surface area contributed by atoms with Crippen LogP contribution in [0.2, 0.25) is 0 Å². The number of aromatic amines is 1. The zero-order chi connectivity index (χ0) is 27.5. The fraction of sp³-hybridized carbons (Fsp3) is 0.267. The van der Waals surface area contributed by atoms with Crippen LogP contribution in [0.3, 0.4) is 0 Å². The van der Waals surface area contributed by atoms with Gasteiger partial charge in [-0.2, -0.15) is 8.42 Å². The van der Waals surface area contributed by atoms with E-state index < -0.39 is 10.5 Å². The van der Waals surface area contributed by atoms with Gasteiger partial charge >= 0.3 is 10.5 Å². The van der Waals surface area contributed by atoms with Gasteiger partial charge in [-0.15, -0.1) is 6.42 Å². The number of fused-ring (bicyclic) bond motifs is 4. The van der Waals surface area contributed by atoms with E-state index in [1.807, 2.05) is 44.2 Å². The van der Waals surface area contributed by atoms with E-state index in [1.54, 1.807) is 6.20 Å². The van der Waals surface area contributed by atoms with Crippen LogP contribution in [-0.4, -0.2) is 23.0 Å². The summed E-state index contributed by atoms with van der Waals surface area (Å²) in [6.45, 7) is 4.04. The number of nitrogens with zero attached hydrogens (tertiary/aromatic N) is 2. The van der Waals surface area contributed by atoms with E-state index in [0.717, 1.165) is 70.6 Å². The quantitative estimate of drug-likeness (QED) is 0.201. The molecule has 5 aromatic rings. The van der Waals surface area contributed by atoms with E-state index in [2.05, 4.69) is 24.6 Å². The van der Waals surface area contributed by atoms with Crippen LogP contribution in [0, 0.1) is 12.3 Å². The highest BCUT2D eigenvalue weighted by molar-refractivity contribution is 7.81. The molecular weight excluding hydrogens is 517 g/mol. The second-order valence-electron chi connectivity index (χ2n) is 10.4. The zero-order valence-electron chi connectivity index (χ0n) is 21.5. The number of halogens is 1. The minimum atomic E-state index is -5.20. The smallest absolute Gasteiger partial charge is 0.357 e. The van der Waals surface area contributed by atoms with Crippen LogP contribution in [-0.2, 0) is 10.5 Å². The van der Waals surface area contributed by atoms with E-state index in [-0.39, 0.29) is 23.1 Å². The predicted octanol–water partition coefficient (Wildman–Crippen LogP) is 6.51. The molecule has 9 heteroatoms. The van der Waals surface area contributed by atoms with E-state index in [9.17, 15) is 17.1 Å². The Bertz CT molecular complexity index is 2000. The lowest BCUT2D eigenvalue weighted by Crippen LogP contribution is -2.15. The van der Waals surface area contributed by atoms with Gasteiger partial charge in [-0.05, 0) is 60.2 Å². The number of H-pyrrole nitrogens is 1. The summed E-state index contributed by atoms with van der Waals surface area (Å²) in [5, 5.41) is 2.08. The average Bonchev–Trinajstić information content (AvgIpc) is 3.55. The summed E-state index contributed by atoms with van der Waals surface area (Å²) in [5.41, 5.74) is 5.20. The molecule has 0 aliphatic heterocycles. The monoisotopic (exact) mass is 543 g/mol. The molecule has 0 saturated heterocycles. The number of benzene rings is 2.